The topological polar surface area (TPSA) is 41.5 Å². The van der Waals surface area contributed by atoms with Gasteiger partial charge in [0.25, 0.3) is 0 Å². The van der Waals surface area contributed by atoms with Gasteiger partial charge < -0.3 is 9.64 Å². The normalized spacial score (nSPS) is 22.3. The molecular weight excluding hydrogens is 345 g/mol. The van der Waals surface area contributed by atoms with Crippen LogP contribution in [0.1, 0.15) is 18.7 Å². The Bertz CT molecular complexity index is 769. The minimum absolute atomic E-state index is 0.290. The molecule has 0 saturated carbocycles. The van der Waals surface area contributed by atoms with Crippen LogP contribution in [-0.2, 0) is 10.9 Å². The molecule has 0 bridgehead atoms. The minimum Gasteiger partial charge on any atom is -0.377 e. The van der Waals surface area contributed by atoms with E-state index in [1.54, 1.807) is 24.3 Å². The van der Waals surface area contributed by atoms with Gasteiger partial charge in [-0.1, -0.05) is 12.1 Å². The number of alkyl halides is 3. The lowest BCUT2D eigenvalue weighted by atomic mass is 10.2. The zero-order valence-electron chi connectivity index (χ0n) is 14.4. The zero-order valence-corrected chi connectivity index (χ0v) is 14.4. The van der Waals surface area contributed by atoms with E-state index in [1.165, 1.54) is 0 Å². The number of halogens is 3. The van der Waals surface area contributed by atoms with Crippen LogP contribution < -0.4 is 4.90 Å². The van der Waals surface area contributed by atoms with Crippen molar-refractivity contribution in [2.24, 2.45) is 0 Å². The Hall–Kier alpha value is -1.93. The Labute approximate surface area is 149 Å². The lowest BCUT2D eigenvalue weighted by Crippen LogP contribution is -2.49. The first-order chi connectivity index (χ1) is 12.5. The predicted molar refractivity (Wildman–Crippen MR) is 92.2 cm³/mol. The largest absolute Gasteiger partial charge is 0.451 e. The van der Waals surface area contributed by atoms with Gasteiger partial charge in [-0.05, 0) is 25.0 Å². The smallest absolute Gasteiger partial charge is 0.377 e. The molecule has 0 aliphatic carbocycles. The summed E-state index contributed by atoms with van der Waals surface area (Å²) in [6.07, 6.45) is -2.07. The number of nitrogens with zero attached hydrogens (tertiary/aromatic N) is 4. The van der Waals surface area contributed by atoms with Gasteiger partial charge >= 0.3 is 6.18 Å². The molecule has 2 aromatic rings. The number of fused-ring (bicyclic) bond motifs is 1. The quantitative estimate of drug-likeness (QED) is 0.836. The minimum atomic E-state index is -4.56. The van der Waals surface area contributed by atoms with Gasteiger partial charge in [0.05, 0.1) is 11.6 Å². The van der Waals surface area contributed by atoms with E-state index in [1.807, 2.05) is 4.90 Å². The molecule has 2 aliphatic rings. The van der Waals surface area contributed by atoms with E-state index >= 15 is 0 Å². The molecule has 0 radical (unpaired) electrons. The lowest BCUT2D eigenvalue weighted by molar-refractivity contribution is -0.144. The molecule has 1 aromatic carbocycles. The van der Waals surface area contributed by atoms with Crippen LogP contribution in [0.3, 0.4) is 0 Å². The number of piperazine rings is 1. The number of aromatic nitrogens is 2. The first-order valence-corrected chi connectivity index (χ1v) is 8.93. The van der Waals surface area contributed by atoms with Crippen molar-refractivity contribution < 1.29 is 17.9 Å². The van der Waals surface area contributed by atoms with Crippen molar-refractivity contribution in [1.82, 2.24) is 14.9 Å². The molecular formula is C18H21F3N4O. The van der Waals surface area contributed by atoms with Crippen LogP contribution >= 0.6 is 0 Å². The van der Waals surface area contributed by atoms with Gasteiger partial charge in [-0.25, -0.2) is 9.97 Å². The Morgan fingerprint density at radius 3 is 2.54 bits per heavy atom. The number of hydrogen-bond donors (Lipinski definition) is 0. The fraction of sp³-hybridized carbons (Fsp3) is 0.556. The SMILES string of the molecule is FC(F)(F)c1nc(N2CCN(C[C@H]3CCCO3)CC2)c2ccccc2n1. The molecule has 4 rings (SSSR count). The summed E-state index contributed by atoms with van der Waals surface area (Å²) < 4.78 is 45.2. The van der Waals surface area contributed by atoms with Gasteiger partial charge in [-0.3, -0.25) is 4.90 Å². The first-order valence-electron chi connectivity index (χ1n) is 8.93. The predicted octanol–water partition coefficient (Wildman–Crippen LogP) is 2.95. The molecule has 2 fully saturated rings. The maximum absolute atomic E-state index is 13.2. The fourth-order valence-corrected chi connectivity index (χ4v) is 3.65. The van der Waals surface area contributed by atoms with Crippen LogP contribution in [0.4, 0.5) is 19.0 Å². The van der Waals surface area contributed by atoms with Gasteiger partial charge in [-0.15, -0.1) is 0 Å². The van der Waals surface area contributed by atoms with Gasteiger partial charge in [-0.2, -0.15) is 13.2 Å². The van der Waals surface area contributed by atoms with Crippen molar-refractivity contribution in [3.63, 3.8) is 0 Å². The monoisotopic (exact) mass is 366 g/mol. The molecule has 0 amide bonds. The van der Waals surface area contributed by atoms with E-state index in [0.717, 1.165) is 39.1 Å². The highest BCUT2D eigenvalue weighted by Crippen LogP contribution is 2.32. The first kappa shape index (κ1) is 17.5. The van der Waals surface area contributed by atoms with E-state index in [0.29, 0.717) is 35.9 Å². The van der Waals surface area contributed by atoms with Crippen LogP contribution in [0.15, 0.2) is 24.3 Å². The highest BCUT2D eigenvalue weighted by atomic mass is 19.4. The van der Waals surface area contributed by atoms with Gasteiger partial charge in [0, 0.05) is 44.7 Å². The fourth-order valence-electron chi connectivity index (χ4n) is 3.65. The Morgan fingerprint density at radius 1 is 1.08 bits per heavy atom. The van der Waals surface area contributed by atoms with Crippen molar-refractivity contribution in [2.75, 3.05) is 44.2 Å². The third-order valence-corrected chi connectivity index (χ3v) is 4.99. The van der Waals surface area contributed by atoms with Gasteiger partial charge in [0.2, 0.25) is 5.82 Å². The van der Waals surface area contributed by atoms with Crippen molar-refractivity contribution in [2.45, 2.75) is 25.1 Å². The maximum Gasteiger partial charge on any atom is 0.451 e. The Balaban J connectivity index is 1.55. The second-order valence-corrected chi connectivity index (χ2v) is 6.81. The van der Waals surface area contributed by atoms with Gasteiger partial charge in [0.15, 0.2) is 0 Å². The second kappa shape index (κ2) is 7.00. The van der Waals surface area contributed by atoms with Crippen molar-refractivity contribution in [1.29, 1.82) is 0 Å². The molecule has 2 aliphatic heterocycles. The molecule has 140 valence electrons. The second-order valence-electron chi connectivity index (χ2n) is 6.81. The number of rotatable bonds is 3. The molecule has 0 N–H and O–H groups in total. The lowest BCUT2D eigenvalue weighted by Gasteiger charge is -2.36. The molecule has 8 heteroatoms. The third-order valence-electron chi connectivity index (χ3n) is 4.99. The van der Waals surface area contributed by atoms with Crippen molar-refractivity contribution >= 4 is 16.7 Å². The number of anilines is 1. The number of para-hydroxylation sites is 1. The summed E-state index contributed by atoms with van der Waals surface area (Å²) >= 11 is 0. The summed E-state index contributed by atoms with van der Waals surface area (Å²) in [4.78, 5) is 11.8. The summed E-state index contributed by atoms with van der Waals surface area (Å²) in [5.41, 5.74) is 0.326. The summed E-state index contributed by atoms with van der Waals surface area (Å²) in [6.45, 7) is 4.60. The summed E-state index contributed by atoms with van der Waals surface area (Å²) in [5.74, 6) is -0.701. The summed E-state index contributed by atoms with van der Waals surface area (Å²) in [7, 11) is 0. The Morgan fingerprint density at radius 2 is 1.85 bits per heavy atom. The summed E-state index contributed by atoms with van der Waals surface area (Å²) in [6, 6.07) is 6.88. The molecule has 1 aromatic heterocycles. The van der Waals surface area contributed by atoms with Crippen molar-refractivity contribution in [3.8, 4) is 0 Å². The van der Waals surface area contributed by atoms with Gasteiger partial charge in [0.1, 0.15) is 5.82 Å². The molecule has 5 nitrogen and oxygen atoms in total. The van der Waals surface area contributed by atoms with E-state index in [-0.39, 0.29) is 0 Å². The third kappa shape index (κ3) is 3.61. The highest BCUT2D eigenvalue weighted by molar-refractivity contribution is 5.89. The average molecular weight is 366 g/mol. The van der Waals surface area contributed by atoms with Crippen LogP contribution in [0.5, 0.6) is 0 Å². The molecule has 26 heavy (non-hydrogen) atoms. The average Bonchev–Trinajstić information content (AvgIpc) is 3.14. The zero-order chi connectivity index (χ0) is 18.1. The number of hydrogen-bond acceptors (Lipinski definition) is 5. The Kier molecular flexibility index (Phi) is 4.71. The standard InChI is InChI=1S/C18H21F3N4O/c19-18(20,21)17-22-15-6-2-1-5-14(15)16(23-17)25-9-7-24(8-10-25)12-13-4-3-11-26-13/h1-2,5-6,13H,3-4,7-12H2/t13-/m1/s1. The van der Waals surface area contributed by atoms with Crippen LogP contribution in [-0.4, -0.2) is 60.3 Å². The van der Waals surface area contributed by atoms with Crippen LogP contribution in [0, 0.1) is 0 Å². The highest BCUT2D eigenvalue weighted by Gasteiger charge is 2.36. The molecule has 3 heterocycles. The number of benzene rings is 1. The van der Waals surface area contributed by atoms with E-state index in [9.17, 15) is 13.2 Å². The number of ether oxygens (including phenoxy) is 1. The molecule has 0 unspecified atom stereocenters. The van der Waals surface area contributed by atoms with Crippen LogP contribution in [0.25, 0.3) is 10.9 Å². The molecule has 0 spiro atoms. The maximum atomic E-state index is 13.2. The molecule has 2 saturated heterocycles. The van der Waals surface area contributed by atoms with E-state index < -0.39 is 12.0 Å². The van der Waals surface area contributed by atoms with Crippen molar-refractivity contribution in [3.05, 3.63) is 30.1 Å². The van der Waals surface area contributed by atoms with E-state index in [2.05, 4.69) is 14.9 Å². The van der Waals surface area contributed by atoms with Crippen LogP contribution in [0.2, 0.25) is 0 Å². The summed E-state index contributed by atoms with van der Waals surface area (Å²) in [5, 5.41) is 0.660. The molecule has 1 atom stereocenters. The van der Waals surface area contributed by atoms with E-state index in [4.69, 9.17) is 4.74 Å².